The van der Waals surface area contributed by atoms with E-state index in [4.69, 9.17) is 16.6 Å². The van der Waals surface area contributed by atoms with Crippen molar-refractivity contribution in [3.05, 3.63) is 76.2 Å². The third kappa shape index (κ3) is 3.97. The van der Waals surface area contributed by atoms with Crippen LogP contribution in [0.25, 0.3) is 17.2 Å². The molecule has 202 valence electrons. The normalized spacial score (nSPS) is 22.6. The van der Waals surface area contributed by atoms with Gasteiger partial charge in [-0.25, -0.2) is 23.7 Å². The number of aromatic nitrogens is 7. The van der Waals surface area contributed by atoms with Gasteiger partial charge in [-0.3, -0.25) is 4.21 Å². The Morgan fingerprint density at radius 2 is 2.00 bits per heavy atom. The van der Waals surface area contributed by atoms with Crippen LogP contribution in [-0.4, -0.2) is 57.0 Å². The summed E-state index contributed by atoms with van der Waals surface area (Å²) in [5.41, 5.74) is 1.39. The molecule has 1 unspecified atom stereocenters. The van der Waals surface area contributed by atoms with E-state index in [1.54, 1.807) is 18.5 Å². The van der Waals surface area contributed by atoms with Gasteiger partial charge >= 0.3 is 0 Å². The highest BCUT2D eigenvalue weighted by Crippen LogP contribution is 2.69. The van der Waals surface area contributed by atoms with E-state index in [0.717, 1.165) is 35.9 Å². The molecule has 0 aliphatic heterocycles. The van der Waals surface area contributed by atoms with E-state index < -0.39 is 26.6 Å². The fourth-order valence-corrected chi connectivity index (χ4v) is 7.06. The zero-order valence-electron chi connectivity index (χ0n) is 21.7. The predicted octanol–water partition coefficient (Wildman–Crippen LogP) is 4.54. The lowest BCUT2D eigenvalue weighted by atomic mass is 9.66. The molecule has 0 N–H and O–H groups in total. The van der Waals surface area contributed by atoms with Crippen molar-refractivity contribution in [2.75, 3.05) is 12.0 Å². The van der Waals surface area contributed by atoms with Crippen molar-refractivity contribution in [1.29, 1.82) is 0 Å². The van der Waals surface area contributed by atoms with Gasteiger partial charge in [-0.2, -0.15) is 9.78 Å². The maximum Gasteiger partial charge on any atom is 0.252 e. The summed E-state index contributed by atoms with van der Waals surface area (Å²) in [7, 11) is -2.15. The number of benzene rings is 1. The Balaban J connectivity index is 1.42. The molecule has 0 radical (unpaired) electrons. The first-order chi connectivity index (χ1) is 18.4. The topological polar surface area (TPSA) is 99.3 Å². The molecular weight excluding hydrogens is 544 g/mol. The molecule has 8 nitrogen and oxygen atoms in total. The highest BCUT2D eigenvalue weighted by atomic mass is 35.5. The molecule has 3 aromatic heterocycles. The summed E-state index contributed by atoms with van der Waals surface area (Å²) >= 11 is 5.94. The van der Waals surface area contributed by atoms with E-state index in [9.17, 15) is 13.0 Å². The fourth-order valence-electron chi connectivity index (χ4n) is 6.29. The largest absolute Gasteiger partial charge is 0.268 e. The fraction of sp³-hybridized carbons (Fsp3) is 0.370. The summed E-state index contributed by atoms with van der Waals surface area (Å²) in [5, 5.41) is 13.2. The van der Waals surface area contributed by atoms with Gasteiger partial charge in [-0.05, 0) is 69.4 Å². The molecule has 3 heterocycles. The van der Waals surface area contributed by atoms with Crippen molar-refractivity contribution in [3.8, 4) is 17.2 Å². The first kappa shape index (κ1) is 25.9. The molecule has 0 spiro atoms. The molecule has 2 bridgehead atoms. The summed E-state index contributed by atoms with van der Waals surface area (Å²) in [5.74, 6) is 3.45. The van der Waals surface area contributed by atoms with Gasteiger partial charge < -0.3 is 0 Å². The van der Waals surface area contributed by atoms with Crippen LogP contribution in [0.4, 0.5) is 8.78 Å². The maximum atomic E-state index is 14.8. The van der Waals surface area contributed by atoms with Crippen LogP contribution < -0.4 is 0 Å². The van der Waals surface area contributed by atoms with E-state index in [0.29, 0.717) is 23.9 Å². The lowest BCUT2D eigenvalue weighted by Gasteiger charge is -2.37. The second kappa shape index (κ2) is 8.85. The first-order valence-electron chi connectivity index (χ1n) is 12.5. The van der Waals surface area contributed by atoms with Gasteiger partial charge in [-0.15, -0.1) is 10.2 Å². The van der Waals surface area contributed by atoms with E-state index in [2.05, 4.69) is 45.0 Å². The molecule has 4 aromatic rings. The molecule has 2 aliphatic rings. The number of fused-ring (bicyclic) bond motifs is 5. The van der Waals surface area contributed by atoms with Crippen LogP contribution in [-0.2, 0) is 21.4 Å². The number of rotatable bonds is 6. The smallest absolute Gasteiger partial charge is 0.252 e. The zero-order valence-corrected chi connectivity index (χ0v) is 23.2. The van der Waals surface area contributed by atoms with Gasteiger partial charge in [0.1, 0.15) is 12.1 Å². The van der Waals surface area contributed by atoms with Crippen LogP contribution in [0.5, 0.6) is 0 Å². The molecular formula is C27H26ClF2N7OS. The molecule has 0 saturated heterocycles. The SMILES string of the molecule is C=S(C)(=O)CCc1ncn(-c2nccc([C@@]34CC[C@@H](c5cc(-c6c(F)ccc(Cl)c6F)nnc53)C4(C)C)n2)n1. The second-order valence-corrected chi connectivity index (χ2v) is 14.1. The van der Waals surface area contributed by atoms with Crippen LogP contribution in [0.1, 0.15) is 55.4 Å². The Labute approximate surface area is 229 Å². The average molecular weight is 570 g/mol. The molecule has 12 heteroatoms. The minimum absolute atomic E-state index is 0.0926. The second-order valence-electron chi connectivity index (χ2n) is 11.0. The lowest BCUT2D eigenvalue weighted by molar-refractivity contribution is 0.242. The Morgan fingerprint density at radius 1 is 1.21 bits per heavy atom. The molecule has 3 atom stereocenters. The van der Waals surface area contributed by atoms with Crippen molar-refractivity contribution in [3.63, 3.8) is 0 Å². The van der Waals surface area contributed by atoms with Crippen LogP contribution in [0.3, 0.4) is 0 Å². The molecule has 1 aromatic carbocycles. The first-order valence-corrected chi connectivity index (χ1v) is 15.2. The van der Waals surface area contributed by atoms with Crippen LogP contribution in [0, 0.1) is 17.0 Å². The number of nitrogens with zero attached hydrogens (tertiary/aromatic N) is 7. The quantitative estimate of drug-likeness (QED) is 0.248. The van der Waals surface area contributed by atoms with Crippen molar-refractivity contribution in [2.45, 2.75) is 44.4 Å². The van der Waals surface area contributed by atoms with Crippen LogP contribution >= 0.6 is 11.6 Å². The Kier molecular flexibility index (Phi) is 5.89. The summed E-state index contributed by atoms with van der Waals surface area (Å²) in [6, 6.07) is 5.93. The highest BCUT2D eigenvalue weighted by molar-refractivity contribution is 7.99. The standard InChI is InChI=1S/C27H26ClF2N7OS/c1-26(2)16-7-10-27(26,24-15(16)13-19(34-35-24)22-18(29)6-5-17(28)23(22)30)20-8-11-31-25(33-20)37-14-32-21(36-37)9-12-39(3,4)38/h5-6,8,11,13-14,16H,3,7,9-10,12H2,1-2,4H3/t16-,27-,39?/m0/s1. The minimum Gasteiger partial charge on any atom is -0.268 e. The van der Waals surface area contributed by atoms with Crippen molar-refractivity contribution < 1.29 is 13.0 Å². The summed E-state index contributed by atoms with van der Waals surface area (Å²) in [6.45, 7) is 4.34. The molecule has 2 aliphatic carbocycles. The summed E-state index contributed by atoms with van der Waals surface area (Å²) < 4.78 is 42.9. The highest BCUT2D eigenvalue weighted by Gasteiger charge is 2.65. The Morgan fingerprint density at radius 3 is 2.77 bits per heavy atom. The van der Waals surface area contributed by atoms with Gasteiger partial charge in [0, 0.05) is 24.6 Å². The summed E-state index contributed by atoms with van der Waals surface area (Å²) in [6.07, 6.45) is 6.92. The average Bonchev–Trinajstić information content (AvgIpc) is 3.53. The number of hydrogen-bond acceptors (Lipinski definition) is 7. The Hall–Kier alpha value is -3.31. The van der Waals surface area contributed by atoms with Crippen molar-refractivity contribution in [2.24, 2.45) is 5.41 Å². The van der Waals surface area contributed by atoms with Gasteiger partial charge in [0.2, 0.25) is 0 Å². The number of aryl methyl sites for hydroxylation is 1. The lowest BCUT2D eigenvalue weighted by Crippen LogP contribution is -2.38. The van der Waals surface area contributed by atoms with Crippen molar-refractivity contribution >= 4 is 27.0 Å². The third-order valence-corrected chi connectivity index (χ3v) is 9.62. The van der Waals surface area contributed by atoms with Gasteiger partial charge in [0.05, 0.1) is 33.1 Å². The minimum atomic E-state index is -2.15. The molecule has 1 fully saturated rings. The van der Waals surface area contributed by atoms with E-state index in [-0.39, 0.29) is 27.6 Å². The number of halogens is 3. The van der Waals surface area contributed by atoms with Crippen LogP contribution in [0.2, 0.25) is 5.02 Å². The van der Waals surface area contributed by atoms with Crippen LogP contribution in [0.15, 0.2) is 36.8 Å². The summed E-state index contributed by atoms with van der Waals surface area (Å²) in [4.78, 5) is 13.6. The molecule has 6 rings (SSSR count). The maximum absolute atomic E-state index is 14.8. The molecule has 0 amide bonds. The molecule has 1 saturated carbocycles. The van der Waals surface area contributed by atoms with Gasteiger partial charge in [0.25, 0.3) is 5.95 Å². The van der Waals surface area contributed by atoms with E-state index in [1.165, 1.54) is 17.1 Å². The predicted molar refractivity (Wildman–Crippen MR) is 146 cm³/mol. The number of hydrogen-bond donors (Lipinski definition) is 0. The zero-order chi connectivity index (χ0) is 27.7. The third-order valence-electron chi connectivity index (χ3n) is 8.26. The monoisotopic (exact) mass is 569 g/mol. The van der Waals surface area contributed by atoms with Crippen molar-refractivity contribution in [1.82, 2.24) is 34.9 Å². The van der Waals surface area contributed by atoms with E-state index in [1.807, 2.05) is 6.07 Å². The van der Waals surface area contributed by atoms with Gasteiger partial charge in [-0.1, -0.05) is 25.4 Å². The van der Waals surface area contributed by atoms with E-state index >= 15 is 0 Å². The Bertz CT molecular complexity index is 1740. The van der Waals surface area contributed by atoms with Gasteiger partial charge in [0.15, 0.2) is 11.6 Å². The molecule has 39 heavy (non-hydrogen) atoms.